The fourth-order valence-electron chi connectivity index (χ4n) is 1.91. The van der Waals surface area contributed by atoms with Gasteiger partial charge in [-0.25, -0.2) is 0 Å². The molecule has 1 atom stereocenters. The first-order valence-electron chi connectivity index (χ1n) is 5.78. The highest BCUT2D eigenvalue weighted by Gasteiger charge is 2.44. The number of benzene rings is 1. The predicted molar refractivity (Wildman–Crippen MR) is 60.5 cm³/mol. The molecule has 0 radical (unpaired) electrons. The van der Waals surface area contributed by atoms with Crippen LogP contribution in [0.25, 0.3) is 0 Å². The molecule has 0 unspecified atom stereocenters. The van der Waals surface area contributed by atoms with Crippen LogP contribution in [0.1, 0.15) is 30.9 Å². The molecule has 0 saturated heterocycles. The van der Waals surface area contributed by atoms with Crippen LogP contribution in [0.4, 0.5) is 8.78 Å². The van der Waals surface area contributed by atoms with Crippen LogP contribution in [-0.2, 0) is 0 Å². The highest BCUT2D eigenvalue weighted by Crippen LogP contribution is 2.45. The topological polar surface area (TPSA) is 64.7 Å². The standard InChI is InChI=1S/C12H15F2NO3/c13-12(14)17-10-6-3-4-8(11(10)18-12)9(15)5-1-2-7-16/h3-4,6,9,16H,1-2,5,7,15H2/t9-/m0/s1. The molecule has 100 valence electrons. The van der Waals surface area contributed by atoms with Crippen molar-refractivity contribution in [3.63, 3.8) is 0 Å². The Bertz CT molecular complexity index is 426. The molecule has 1 heterocycles. The maximum atomic E-state index is 13.0. The first-order chi connectivity index (χ1) is 8.53. The van der Waals surface area contributed by atoms with Crippen LogP contribution in [0.5, 0.6) is 11.5 Å². The van der Waals surface area contributed by atoms with E-state index >= 15 is 0 Å². The highest BCUT2D eigenvalue weighted by atomic mass is 19.3. The average Bonchev–Trinajstić information content (AvgIpc) is 2.62. The summed E-state index contributed by atoms with van der Waals surface area (Å²) in [5.41, 5.74) is 6.44. The third kappa shape index (κ3) is 2.70. The second-order valence-corrected chi connectivity index (χ2v) is 4.17. The maximum Gasteiger partial charge on any atom is 0.586 e. The number of ether oxygens (including phenoxy) is 2. The lowest BCUT2D eigenvalue weighted by Gasteiger charge is -2.13. The van der Waals surface area contributed by atoms with Gasteiger partial charge in [-0.05, 0) is 25.3 Å². The van der Waals surface area contributed by atoms with E-state index in [1.54, 1.807) is 12.1 Å². The number of para-hydroxylation sites is 1. The molecule has 6 heteroatoms. The molecule has 1 aliphatic rings. The van der Waals surface area contributed by atoms with Gasteiger partial charge in [0.25, 0.3) is 0 Å². The second kappa shape index (κ2) is 5.07. The summed E-state index contributed by atoms with van der Waals surface area (Å²) in [6.07, 6.45) is -1.68. The Morgan fingerprint density at radius 2 is 2.06 bits per heavy atom. The fourth-order valence-corrected chi connectivity index (χ4v) is 1.91. The predicted octanol–water partition coefficient (Wildman–Crippen LogP) is 2.17. The zero-order valence-electron chi connectivity index (χ0n) is 9.73. The number of rotatable bonds is 5. The van der Waals surface area contributed by atoms with Gasteiger partial charge >= 0.3 is 6.29 Å². The van der Waals surface area contributed by atoms with E-state index in [-0.39, 0.29) is 18.1 Å². The third-order valence-electron chi connectivity index (χ3n) is 2.78. The molecular weight excluding hydrogens is 244 g/mol. The molecular formula is C12H15F2NO3. The van der Waals surface area contributed by atoms with Crippen molar-refractivity contribution in [2.75, 3.05) is 6.61 Å². The van der Waals surface area contributed by atoms with Crippen molar-refractivity contribution in [2.45, 2.75) is 31.6 Å². The molecule has 0 amide bonds. The van der Waals surface area contributed by atoms with Gasteiger partial charge in [-0.1, -0.05) is 12.1 Å². The SMILES string of the molecule is N[C@@H](CCCCO)c1cccc2c1OC(F)(F)O2. The van der Waals surface area contributed by atoms with Crippen LogP contribution < -0.4 is 15.2 Å². The van der Waals surface area contributed by atoms with Crippen molar-refractivity contribution in [2.24, 2.45) is 5.73 Å². The largest absolute Gasteiger partial charge is 0.586 e. The third-order valence-corrected chi connectivity index (χ3v) is 2.78. The van der Waals surface area contributed by atoms with Gasteiger partial charge in [0.2, 0.25) is 0 Å². The number of aliphatic hydroxyl groups is 1. The Hall–Kier alpha value is -1.40. The van der Waals surface area contributed by atoms with Crippen LogP contribution in [-0.4, -0.2) is 18.0 Å². The molecule has 4 nitrogen and oxygen atoms in total. The van der Waals surface area contributed by atoms with Gasteiger partial charge in [-0.2, -0.15) is 0 Å². The summed E-state index contributed by atoms with van der Waals surface area (Å²) in [4.78, 5) is 0. The lowest BCUT2D eigenvalue weighted by Crippen LogP contribution is -2.26. The molecule has 1 aromatic carbocycles. The quantitative estimate of drug-likeness (QED) is 0.795. The van der Waals surface area contributed by atoms with E-state index in [0.29, 0.717) is 18.4 Å². The first kappa shape index (κ1) is 13.0. The molecule has 0 aliphatic carbocycles. The zero-order chi connectivity index (χ0) is 13.2. The molecule has 0 aromatic heterocycles. The van der Waals surface area contributed by atoms with E-state index < -0.39 is 12.3 Å². The molecule has 1 aliphatic heterocycles. The molecule has 0 bridgehead atoms. The average molecular weight is 259 g/mol. The summed E-state index contributed by atoms with van der Waals surface area (Å²) in [5.74, 6) is 0.0223. The number of halogens is 2. The van der Waals surface area contributed by atoms with Crippen LogP contribution in [0.2, 0.25) is 0 Å². The summed E-state index contributed by atoms with van der Waals surface area (Å²) in [6, 6.07) is 4.25. The number of fused-ring (bicyclic) bond motifs is 1. The minimum Gasteiger partial charge on any atom is -0.396 e. The van der Waals surface area contributed by atoms with Crippen molar-refractivity contribution in [3.8, 4) is 11.5 Å². The summed E-state index contributed by atoms with van der Waals surface area (Å²) >= 11 is 0. The van der Waals surface area contributed by atoms with Gasteiger partial charge in [-0.15, -0.1) is 8.78 Å². The van der Waals surface area contributed by atoms with Crippen LogP contribution in [0, 0.1) is 0 Å². The van der Waals surface area contributed by atoms with E-state index in [9.17, 15) is 8.78 Å². The molecule has 2 rings (SSSR count). The molecule has 1 aromatic rings. The lowest BCUT2D eigenvalue weighted by atomic mass is 10.0. The van der Waals surface area contributed by atoms with Gasteiger partial charge in [0.05, 0.1) is 0 Å². The molecule has 0 spiro atoms. The van der Waals surface area contributed by atoms with Gasteiger partial charge in [0.1, 0.15) is 0 Å². The summed E-state index contributed by atoms with van der Waals surface area (Å²) in [5, 5.41) is 8.69. The van der Waals surface area contributed by atoms with Crippen molar-refractivity contribution >= 4 is 0 Å². The molecule has 0 saturated carbocycles. The van der Waals surface area contributed by atoms with Gasteiger partial charge in [0.15, 0.2) is 11.5 Å². The normalized spacial score (nSPS) is 17.8. The summed E-state index contributed by atoms with van der Waals surface area (Å²) < 4.78 is 34.8. The Morgan fingerprint density at radius 3 is 2.78 bits per heavy atom. The number of alkyl halides is 2. The Kier molecular flexibility index (Phi) is 3.68. The number of hydrogen-bond acceptors (Lipinski definition) is 4. The minimum atomic E-state index is -3.62. The smallest absolute Gasteiger partial charge is 0.396 e. The van der Waals surface area contributed by atoms with E-state index in [4.69, 9.17) is 10.8 Å². The summed E-state index contributed by atoms with van der Waals surface area (Å²) in [7, 11) is 0. The van der Waals surface area contributed by atoms with Crippen LogP contribution >= 0.6 is 0 Å². The van der Waals surface area contributed by atoms with Crippen LogP contribution in [0.15, 0.2) is 18.2 Å². The Balaban J connectivity index is 2.13. The minimum absolute atomic E-state index is 0.00936. The molecule has 3 N–H and O–H groups in total. The monoisotopic (exact) mass is 259 g/mol. The van der Waals surface area contributed by atoms with E-state index in [0.717, 1.165) is 6.42 Å². The zero-order valence-corrected chi connectivity index (χ0v) is 9.73. The van der Waals surface area contributed by atoms with Crippen LogP contribution in [0.3, 0.4) is 0 Å². The Labute approximate surface area is 103 Å². The summed E-state index contributed by atoms with van der Waals surface area (Å²) in [6.45, 7) is 0.0945. The van der Waals surface area contributed by atoms with E-state index in [2.05, 4.69) is 9.47 Å². The molecule has 18 heavy (non-hydrogen) atoms. The first-order valence-corrected chi connectivity index (χ1v) is 5.78. The number of aliphatic hydroxyl groups excluding tert-OH is 1. The van der Waals surface area contributed by atoms with E-state index in [1.165, 1.54) is 6.07 Å². The Morgan fingerprint density at radius 1 is 1.28 bits per heavy atom. The van der Waals surface area contributed by atoms with Crippen molar-refractivity contribution in [3.05, 3.63) is 23.8 Å². The molecule has 0 fully saturated rings. The fraction of sp³-hybridized carbons (Fsp3) is 0.500. The lowest BCUT2D eigenvalue weighted by molar-refractivity contribution is -0.287. The van der Waals surface area contributed by atoms with Crippen molar-refractivity contribution in [1.29, 1.82) is 0 Å². The van der Waals surface area contributed by atoms with Crippen molar-refractivity contribution in [1.82, 2.24) is 0 Å². The number of nitrogens with two attached hydrogens (primary N) is 1. The van der Waals surface area contributed by atoms with E-state index in [1.807, 2.05) is 0 Å². The van der Waals surface area contributed by atoms with Gasteiger partial charge in [-0.3, -0.25) is 0 Å². The van der Waals surface area contributed by atoms with Crippen molar-refractivity contribution < 1.29 is 23.4 Å². The number of hydrogen-bond donors (Lipinski definition) is 2. The highest BCUT2D eigenvalue weighted by molar-refractivity contribution is 5.50. The van der Waals surface area contributed by atoms with Gasteiger partial charge < -0.3 is 20.3 Å². The second-order valence-electron chi connectivity index (χ2n) is 4.17. The number of unbranched alkanes of at least 4 members (excludes halogenated alkanes) is 1. The maximum absolute atomic E-state index is 13.0. The van der Waals surface area contributed by atoms with Gasteiger partial charge in [0, 0.05) is 18.2 Å².